The molecule has 2 atom stereocenters. The molecule has 2 rings (SSSR count). The number of rotatable bonds is 2. The van der Waals surface area contributed by atoms with Crippen LogP contribution in [0.3, 0.4) is 0 Å². The molecular weight excluding hydrogens is 232 g/mol. The van der Waals surface area contributed by atoms with Gasteiger partial charge in [-0.05, 0) is 24.8 Å². The average Bonchev–Trinajstić information content (AvgIpc) is 2.27. The van der Waals surface area contributed by atoms with Crippen molar-refractivity contribution in [2.75, 3.05) is 13.1 Å². The van der Waals surface area contributed by atoms with Gasteiger partial charge in [0.1, 0.15) is 0 Å². The van der Waals surface area contributed by atoms with E-state index < -0.39 is 0 Å². The van der Waals surface area contributed by atoms with Crippen LogP contribution in [0.1, 0.15) is 38.8 Å². The number of nitrogens with zero attached hydrogens (tertiary/aromatic N) is 1. The summed E-state index contributed by atoms with van der Waals surface area (Å²) in [7, 11) is 0. The highest BCUT2D eigenvalue weighted by atomic mass is 15.2. The highest BCUT2D eigenvalue weighted by Crippen LogP contribution is 2.27. The molecule has 1 aliphatic rings. The average molecular weight is 260 g/mol. The minimum Gasteiger partial charge on any atom is -0.311 e. The van der Waals surface area contributed by atoms with Gasteiger partial charge in [-0.2, -0.15) is 0 Å². The summed E-state index contributed by atoms with van der Waals surface area (Å²) in [5.74, 6) is 0. The second kappa shape index (κ2) is 5.64. The fourth-order valence-electron chi connectivity index (χ4n) is 3.06. The van der Waals surface area contributed by atoms with Crippen LogP contribution >= 0.6 is 0 Å². The predicted molar refractivity (Wildman–Crippen MR) is 82.3 cm³/mol. The Morgan fingerprint density at radius 3 is 2.68 bits per heavy atom. The van der Waals surface area contributed by atoms with Crippen LogP contribution in [-0.4, -0.2) is 30.1 Å². The summed E-state index contributed by atoms with van der Waals surface area (Å²) in [5.41, 5.74) is 3.10. The lowest BCUT2D eigenvalue weighted by atomic mass is 9.83. The first-order valence-electron chi connectivity index (χ1n) is 7.39. The molecule has 1 heterocycles. The van der Waals surface area contributed by atoms with Gasteiger partial charge < -0.3 is 5.32 Å². The Balaban J connectivity index is 2.14. The standard InChI is InChI=1S/C17H28N2/c1-13-7-6-8-15(9-13)12-19-11-14(2)18-10-16(19)17(3,4)5/h6-9,14,16,18H,10-12H2,1-5H3. The van der Waals surface area contributed by atoms with Crippen molar-refractivity contribution in [3.8, 4) is 0 Å². The monoisotopic (exact) mass is 260 g/mol. The normalized spacial score (nSPS) is 25.5. The van der Waals surface area contributed by atoms with Gasteiger partial charge in [0.25, 0.3) is 0 Å². The van der Waals surface area contributed by atoms with Crippen LogP contribution in [0.4, 0.5) is 0 Å². The Labute approximate surface area is 118 Å². The maximum absolute atomic E-state index is 3.62. The zero-order valence-electron chi connectivity index (χ0n) is 13.0. The van der Waals surface area contributed by atoms with Crippen LogP contribution in [-0.2, 0) is 6.54 Å². The molecular formula is C17H28N2. The predicted octanol–water partition coefficient (Wildman–Crippen LogP) is 3.20. The van der Waals surface area contributed by atoms with Gasteiger partial charge in [0.15, 0.2) is 0 Å². The van der Waals surface area contributed by atoms with E-state index in [2.05, 4.69) is 69.1 Å². The first kappa shape index (κ1) is 14.5. The number of nitrogens with one attached hydrogen (secondary N) is 1. The molecule has 0 spiro atoms. The molecule has 0 amide bonds. The van der Waals surface area contributed by atoms with E-state index in [1.807, 2.05) is 0 Å². The number of aryl methyl sites for hydroxylation is 1. The third kappa shape index (κ3) is 3.80. The highest BCUT2D eigenvalue weighted by Gasteiger charge is 2.34. The molecule has 2 unspecified atom stereocenters. The zero-order valence-corrected chi connectivity index (χ0v) is 13.0. The summed E-state index contributed by atoms with van der Waals surface area (Å²) in [4.78, 5) is 2.65. The number of benzene rings is 1. The van der Waals surface area contributed by atoms with E-state index >= 15 is 0 Å². The summed E-state index contributed by atoms with van der Waals surface area (Å²) in [6.45, 7) is 14.8. The molecule has 2 heteroatoms. The fourth-order valence-corrected chi connectivity index (χ4v) is 3.06. The second-order valence-electron chi connectivity index (χ2n) is 7.11. The van der Waals surface area contributed by atoms with Crippen molar-refractivity contribution < 1.29 is 0 Å². The summed E-state index contributed by atoms with van der Waals surface area (Å²) in [6, 6.07) is 10.1. The molecule has 19 heavy (non-hydrogen) atoms. The van der Waals surface area contributed by atoms with Gasteiger partial charge in [0.2, 0.25) is 0 Å². The summed E-state index contributed by atoms with van der Waals surface area (Å²) in [5, 5.41) is 3.62. The molecule has 1 saturated heterocycles. The third-order valence-electron chi connectivity index (χ3n) is 4.08. The number of hydrogen-bond donors (Lipinski definition) is 1. The van der Waals surface area contributed by atoms with Crippen molar-refractivity contribution in [3.05, 3.63) is 35.4 Å². The molecule has 2 nitrogen and oxygen atoms in total. The van der Waals surface area contributed by atoms with E-state index in [1.54, 1.807) is 0 Å². The van der Waals surface area contributed by atoms with Crippen LogP contribution in [0.5, 0.6) is 0 Å². The lowest BCUT2D eigenvalue weighted by Crippen LogP contribution is -2.59. The van der Waals surface area contributed by atoms with Gasteiger partial charge in [0, 0.05) is 31.7 Å². The van der Waals surface area contributed by atoms with Gasteiger partial charge >= 0.3 is 0 Å². The van der Waals surface area contributed by atoms with Crippen molar-refractivity contribution in [1.82, 2.24) is 10.2 Å². The van der Waals surface area contributed by atoms with Crippen LogP contribution in [0.2, 0.25) is 0 Å². The Morgan fingerprint density at radius 1 is 1.32 bits per heavy atom. The molecule has 1 fully saturated rings. The molecule has 1 N–H and O–H groups in total. The molecule has 106 valence electrons. The van der Waals surface area contributed by atoms with Gasteiger partial charge in [-0.1, -0.05) is 50.6 Å². The van der Waals surface area contributed by atoms with Crippen LogP contribution < -0.4 is 5.32 Å². The maximum atomic E-state index is 3.62. The zero-order chi connectivity index (χ0) is 14.0. The minimum atomic E-state index is 0.316. The van der Waals surface area contributed by atoms with Crippen LogP contribution in [0.25, 0.3) is 0 Å². The lowest BCUT2D eigenvalue weighted by molar-refractivity contribution is 0.0526. The minimum absolute atomic E-state index is 0.316. The quantitative estimate of drug-likeness (QED) is 0.878. The van der Waals surface area contributed by atoms with Gasteiger partial charge in [-0.25, -0.2) is 0 Å². The van der Waals surface area contributed by atoms with Crippen molar-refractivity contribution in [2.45, 2.75) is 53.2 Å². The molecule has 0 saturated carbocycles. The van der Waals surface area contributed by atoms with Gasteiger partial charge in [-0.3, -0.25) is 4.90 Å². The van der Waals surface area contributed by atoms with E-state index in [0.29, 0.717) is 17.5 Å². The number of piperazine rings is 1. The highest BCUT2D eigenvalue weighted by molar-refractivity contribution is 5.22. The molecule has 1 aromatic carbocycles. The molecule has 1 aromatic rings. The van der Waals surface area contributed by atoms with Crippen LogP contribution in [0.15, 0.2) is 24.3 Å². The molecule has 0 aromatic heterocycles. The maximum Gasteiger partial charge on any atom is 0.0273 e. The van der Waals surface area contributed by atoms with Crippen molar-refractivity contribution in [2.24, 2.45) is 5.41 Å². The first-order chi connectivity index (χ1) is 8.86. The Hall–Kier alpha value is -0.860. The number of hydrogen-bond acceptors (Lipinski definition) is 2. The second-order valence-corrected chi connectivity index (χ2v) is 7.11. The van der Waals surface area contributed by atoms with Crippen molar-refractivity contribution in [1.29, 1.82) is 0 Å². The van der Waals surface area contributed by atoms with Crippen LogP contribution in [0, 0.1) is 12.3 Å². The summed E-state index contributed by atoms with van der Waals surface area (Å²) >= 11 is 0. The van der Waals surface area contributed by atoms with E-state index in [0.717, 1.165) is 19.6 Å². The SMILES string of the molecule is Cc1cccc(CN2CC(C)NCC2C(C)(C)C)c1. The topological polar surface area (TPSA) is 15.3 Å². The summed E-state index contributed by atoms with van der Waals surface area (Å²) < 4.78 is 0. The lowest BCUT2D eigenvalue weighted by Gasteiger charge is -2.46. The molecule has 0 bridgehead atoms. The van der Waals surface area contributed by atoms with Gasteiger partial charge in [0.05, 0.1) is 0 Å². The molecule has 0 radical (unpaired) electrons. The Kier molecular flexibility index (Phi) is 4.32. The largest absolute Gasteiger partial charge is 0.311 e. The van der Waals surface area contributed by atoms with Crippen molar-refractivity contribution >= 4 is 0 Å². The fraction of sp³-hybridized carbons (Fsp3) is 0.647. The van der Waals surface area contributed by atoms with Gasteiger partial charge in [-0.15, -0.1) is 0 Å². The smallest absolute Gasteiger partial charge is 0.0273 e. The van der Waals surface area contributed by atoms with E-state index in [9.17, 15) is 0 Å². The molecule has 0 aliphatic carbocycles. The molecule has 1 aliphatic heterocycles. The first-order valence-corrected chi connectivity index (χ1v) is 7.39. The van der Waals surface area contributed by atoms with E-state index in [1.165, 1.54) is 11.1 Å². The van der Waals surface area contributed by atoms with E-state index in [-0.39, 0.29) is 0 Å². The summed E-state index contributed by atoms with van der Waals surface area (Å²) in [6.07, 6.45) is 0. The third-order valence-corrected chi connectivity index (χ3v) is 4.08. The Bertz CT molecular complexity index is 420. The Morgan fingerprint density at radius 2 is 2.05 bits per heavy atom. The van der Waals surface area contributed by atoms with E-state index in [4.69, 9.17) is 0 Å². The van der Waals surface area contributed by atoms with Crippen molar-refractivity contribution in [3.63, 3.8) is 0 Å².